The molecule has 1 rings (SSSR count). The minimum Gasteiger partial charge on any atom is -0.468 e. The van der Waals surface area contributed by atoms with Crippen LogP contribution < -0.4 is 10.6 Å². The van der Waals surface area contributed by atoms with Gasteiger partial charge in [0.2, 0.25) is 0 Å². The summed E-state index contributed by atoms with van der Waals surface area (Å²) in [5, 5.41) is 24.3. The molecule has 0 unspecified atom stereocenters. The van der Waals surface area contributed by atoms with Crippen LogP contribution in [-0.4, -0.2) is 45.0 Å². The molecule has 184 valence electrons. The van der Waals surface area contributed by atoms with Crippen LogP contribution in [0.5, 0.6) is 0 Å². The minimum absolute atomic E-state index is 0.0452. The highest BCUT2D eigenvalue weighted by Gasteiger charge is 2.28. The monoisotopic (exact) mass is 486 g/mol. The van der Waals surface area contributed by atoms with Gasteiger partial charge in [-0.1, -0.05) is 0 Å². The zero-order chi connectivity index (χ0) is 24.8. The number of ether oxygens (including phenoxy) is 2. The third kappa shape index (κ3) is 13.2. The summed E-state index contributed by atoms with van der Waals surface area (Å²) in [6.45, 7) is 19.7. The molecule has 1 aliphatic rings. The lowest BCUT2D eigenvalue weighted by Crippen LogP contribution is -2.45. The summed E-state index contributed by atoms with van der Waals surface area (Å²) in [6, 6.07) is 0. The predicted molar refractivity (Wildman–Crippen MR) is 137 cm³/mol. The molecule has 0 bridgehead atoms. The van der Waals surface area contributed by atoms with Crippen LogP contribution in [0.4, 0.5) is 0 Å². The van der Waals surface area contributed by atoms with Crippen molar-refractivity contribution in [2.45, 2.75) is 130 Å². The molecule has 0 aromatic heterocycles. The molecule has 0 atom stereocenters. The van der Waals surface area contributed by atoms with Gasteiger partial charge in [-0.05, 0) is 119 Å². The maximum Gasteiger partial charge on any atom is 0.258 e. The number of nitrogens with zero attached hydrogens (tertiary/aromatic N) is 4. The Hall–Kier alpha value is -1.42. The Kier molecular flexibility index (Phi) is 9.96. The first-order valence-corrected chi connectivity index (χ1v) is 12.0. The van der Waals surface area contributed by atoms with Crippen LogP contribution in [0.3, 0.4) is 0 Å². The van der Waals surface area contributed by atoms with Gasteiger partial charge < -0.3 is 20.1 Å². The van der Waals surface area contributed by atoms with E-state index in [1.807, 2.05) is 69.2 Å². The van der Waals surface area contributed by atoms with Crippen molar-refractivity contribution < 1.29 is 9.47 Å². The van der Waals surface area contributed by atoms with E-state index in [0.29, 0.717) is 10.3 Å². The van der Waals surface area contributed by atoms with Crippen molar-refractivity contribution >= 4 is 34.8 Å². The van der Waals surface area contributed by atoms with E-state index in [4.69, 9.17) is 33.9 Å². The molecule has 1 aliphatic carbocycles. The lowest BCUT2D eigenvalue weighted by molar-refractivity contribution is 0.0637. The molecule has 0 radical (unpaired) electrons. The maximum absolute atomic E-state index is 5.94. The van der Waals surface area contributed by atoms with Gasteiger partial charge in [0.05, 0.1) is 11.1 Å². The Labute approximate surface area is 204 Å². The zero-order valence-electron chi connectivity index (χ0n) is 21.4. The van der Waals surface area contributed by atoms with Crippen LogP contribution in [0.15, 0.2) is 20.5 Å². The van der Waals surface area contributed by atoms with Gasteiger partial charge >= 0.3 is 0 Å². The van der Waals surface area contributed by atoms with Gasteiger partial charge in [0.15, 0.2) is 0 Å². The van der Waals surface area contributed by atoms with Crippen molar-refractivity contribution in [2.24, 2.45) is 20.5 Å². The zero-order valence-corrected chi connectivity index (χ0v) is 23.0. The van der Waals surface area contributed by atoms with Gasteiger partial charge in [0.1, 0.15) is 23.5 Å². The Morgan fingerprint density at radius 3 is 1.12 bits per heavy atom. The molecule has 0 saturated heterocycles. The van der Waals surface area contributed by atoms with E-state index in [2.05, 4.69) is 31.1 Å². The minimum atomic E-state index is -0.625. The van der Waals surface area contributed by atoms with Crippen LogP contribution in [0, 0.1) is 0 Å². The highest BCUT2D eigenvalue weighted by atomic mass is 32.1. The predicted octanol–water partition coefficient (Wildman–Crippen LogP) is 6.05. The second-order valence-electron chi connectivity index (χ2n) is 11.3. The summed E-state index contributed by atoms with van der Waals surface area (Å²) in [6.07, 6.45) is 3.45. The first kappa shape index (κ1) is 28.6. The molecule has 0 spiro atoms. The number of hydrogen-bond donors (Lipinski definition) is 2. The molecule has 1 fully saturated rings. The normalized spacial score (nSPS) is 20.9. The standard InChI is InChI=1S/C22H42N6O2S2/c1-19(2,3)25-27-21(7,8)23-17(31)29-15-11-13-16(14-12-15)30-18(32)24-22(9,10)28-26-20(4,5)6/h15-16H,11-14H2,1-10H3,(H,23,31)(H,24,32)/b27-25+,28-26+. The van der Waals surface area contributed by atoms with Crippen LogP contribution in [0.25, 0.3) is 0 Å². The summed E-state index contributed by atoms with van der Waals surface area (Å²) in [7, 11) is 0. The topological polar surface area (TPSA) is 92.0 Å². The molecule has 2 N–H and O–H groups in total. The van der Waals surface area contributed by atoms with Gasteiger partial charge in [-0.3, -0.25) is 0 Å². The second kappa shape index (κ2) is 11.1. The van der Waals surface area contributed by atoms with Gasteiger partial charge in [-0.15, -0.1) is 0 Å². The first-order valence-electron chi connectivity index (χ1n) is 11.2. The smallest absolute Gasteiger partial charge is 0.258 e. The third-order valence-corrected chi connectivity index (χ3v) is 4.58. The largest absolute Gasteiger partial charge is 0.468 e. The Bertz CT molecular complexity index is 640. The van der Waals surface area contributed by atoms with E-state index in [1.54, 1.807) is 0 Å². The second-order valence-corrected chi connectivity index (χ2v) is 12.1. The number of rotatable bonds is 6. The van der Waals surface area contributed by atoms with Gasteiger partial charge in [-0.25, -0.2) is 0 Å². The molecule has 0 amide bonds. The molecular weight excluding hydrogens is 444 g/mol. The van der Waals surface area contributed by atoms with E-state index < -0.39 is 11.3 Å². The fraction of sp³-hybridized carbons (Fsp3) is 0.909. The van der Waals surface area contributed by atoms with Crippen LogP contribution in [0.1, 0.15) is 94.9 Å². The average Bonchev–Trinajstić information content (AvgIpc) is 2.58. The summed E-state index contributed by atoms with van der Waals surface area (Å²) < 4.78 is 11.9. The van der Waals surface area contributed by atoms with Crippen molar-refractivity contribution in [3.63, 3.8) is 0 Å². The molecule has 1 saturated carbocycles. The van der Waals surface area contributed by atoms with Crippen molar-refractivity contribution in [3.8, 4) is 0 Å². The van der Waals surface area contributed by atoms with E-state index >= 15 is 0 Å². The summed E-state index contributed by atoms with van der Waals surface area (Å²) in [4.78, 5) is 0. The van der Waals surface area contributed by atoms with Gasteiger partial charge in [0, 0.05) is 0 Å². The molecular formula is C22H42N6O2S2. The quantitative estimate of drug-likeness (QED) is 0.350. The van der Waals surface area contributed by atoms with Crippen LogP contribution in [-0.2, 0) is 9.47 Å². The summed E-state index contributed by atoms with van der Waals surface area (Å²) >= 11 is 10.8. The lowest BCUT2D eigenvalue weighted by atomic mass is 9.95. The molecule has 0 aliphatic heterocycles. The Morgan fingerprint density at radius 1 is 0.594 bits per heavy atom. The number of hydrogen-bond acceptors (Lipinski definition) is 8. The van der Waals surface area contributed by atoms with Crippen molar-refractivity contribution in [1.82, 2.24) is 10.6 Å². The van der Waals surface area contributed by atoms with E-state index in [9.17, 15) is 0 Å². The Balaban J connectivity index is 2.43. The summed E-state index contributed by atoms with van der Waals surface area (Å²) in [5.74, 6) is 0. The number of thiocarbonyl (C=S) groups is 2. The Morgan fingerprint density at radius 2 is 0.875 bits per heavy atom. The summed E-state index contributed by atoms with van der Waals surface area (Å²) in [5.41, 5.74) is -1.72. The molecule has 0 heterocycles. The van der Waals surface area contributed by atoms with Crippen molar-refractivity contribution in [2.75, 3.05) is 0 Å². The third-order valence-electron chi connectivity index (χ3n) is 4.18. The molecule has 8 nitrogen and oxygen atoms in total. The lowest BCUT2D eigenvalue weighted by Gasteiger charge is -2.32. The van der Waals surface area contributed by atoms with E-state index in [1.165, 1.54) is 0 Å². The number of nitrogens with one attached hydrogen (secondary N) is 2. The van der Waals surface area contributed by atoms with Crippen molar-refractivity contribution in [3.05, 3.63) is 0 Å². The van der Waals surface area contributed by atoms with Gasteiger partial charge in [0.25, 0.3) is 10.3 Å². The fourth-order valence-corrected chi connectivity index (χ4v) is 3.50. The van der Waals surface area contributed by atoms with Crippen LogP contribution in [0.2, 0.25) is 0 Å². The van der Waals surface area contributed by atoms with Gasteiger partial charge in [-0.2, -0.15) is 20.5 Å². The SMILES string of the molecule is CC(C)(C)/N=N/C(C)(C)NC(=S)OC1CCC(OC(=S)NC(C)(C)/N=N/C(C)(C)C)CC1. The fourth-order valence-electron chi connectivity index (χ4n) is 2.73. The van der Waals surface area contributed by atoms with Crippen molar-refractivity contribution in [1.29, 1.82) is 0 Å². The van der Waals surface area contributed by atoms with E-state index in [0.717, 1.165) is 25.7 Å². The maximum atomic E-state index is 5.94. The number of azo groups is 2. The molecule has 0 aromatic rings. The first-order chi connectivity index (χ1) is 14.4. The highest BCUT2D eigenvalue weighted by Crippen LogP contribution is 2.24. The average molecular weight is 487 g/mol. The molecule has 32 heavy (non-hydrogen) atoms. The highest BCUT2D eigenvalue weighted by molar-refractivity contribution is 7.80. The molecule has 10 heteroatoms. The molecule has 0 aromatic carbocycles. The van der Waals surface area contributed by atoms with Crippen LogP contribution >= 0.6 is 24.4 Å². The van der Waals surface area contributed by atoms with E-state index in [-0.39, 0.29) is 23.3 Å².